The van der Waals surface area contributed by atoms with Crippen molar-refractivity contribution in [3.8, 4) is 0 Å². The van der Waals surface area contributed by atoms with Gasteiger partial charge in [-0.25, -0.2) is 0 Å². The zero-order valence-electron chi connectivity index (χ0n) is 8.05. The molecule has 72 valence electrons. The first-order valence-corrected chi connectivity index (χ1v) is 5.08. The Morgan fingerprint density at radius 1 is 1.62 bits per heavy atom. The first kappa shape index (κ1) is 8.75. The fraction of sp³-hybridized carbons (Fsp3) is 0.700. The van der Waals surface area contributed by atoms with Crippen molar-refractivity contribution in [1.82, 2.24) is 10.5 Å². The predicted molar refractivity (Wildman–Crippen MR) is 50.5 cm³/mol. The van der Waals surface area contributed by atoms with E-state index >= 15 is 0 Å². The van der Waals surface area contributed by atoms with Gasteiger partial charge in [0.15, 0.2) is 0 Å². The molecule has 2 rings (SSSR count). The Bertz CT molecular complexity index is 270. The van der Waals surface area contributed by atoms with Crippen LogP contribution in [-0.4, -0.2) is 11.7 Å². The third-order valence-corrected chi connectivity index (χ3v) is 2.65. The van der Waals surface area contributed by atoms with Crippen LogP contribution in [0.3, 0.4) is 0 Å². The van der Waals surface area contributed by atoms with E-state index in [1.54, 1.807) is 0 Å². The van der Waals surface area contributed by atoms with Gasteiger partial charge < -0.3 is 9.84 Å². The minimum absolute atomic E-state index is 0.466. The van der Waals surface area contributed by atoms with Crippen LogP contribution >= 0.6 is 0 Å². The van der Waals surface area contributed by atoms with Crippen molar-refractivity contribution in [3.05, 3.63) is 17.5 Å². The SMILES string of the molecule is CCNC1CCCCc2oncc21. The Kier molecular flexibility index (Phi) is 2.64. The van der Waals surface area contributed by atoms with Crippen LogP contribution in [0.1, 0.15) is 43.6 Å². The summed E-state index contributed by atoms with van der Waals surface area (Å²) < 4.78 is 5.22. The molecule has 3 heteroatoms. The van der Waals surface area contributed by atoms with Crippen molar-refractivity contribution in [1.29, 1.82) is 0 Å². The van der Waals surface area contributed by atoms with Gasteiger partial charge in [-0.05, 0) is 19.4 Å². The Labute approximate surface area is 78.5 Å². The number of hydrogen-bond acceptors (Lipinski definition) is 3. The lowest BCUT2D eigenvalue weighted by Crippen LogP contribution is -2.20. The highest BCUT2D eigenvalue weighted by Gasteiger charge is 2.20. The fourth-order valence-electron chi connectivity index (χ4n) is 1.99. The third-order valence-electron chi connectivity index (χ3n) is 2.65. The average molecular weight is 180 g/mol. The Morgan fingerprint density at radius 2 is 2.54 bits per heavy atom. The second-order valence-corrected chi connectivity index (χ2v) is 3.56. The van der Waals surface area contributed by atoms with Gasteiger partial charge >= 0.3 is 0 Å². The van der Waals surface area contributed by atoms with Gasteiger partial charge in [-0.1, -0.05) is 18.5 Å². The van der Waals surface area contributed by atoms with E-state index in [1.807, 2.05) is 6.20 Å². The summed E-state index contributed by atoms with van der Waals surface area (Å²) in [5, 5.41) is 7.33. The molecule has 0 fully saturated rings. The lowest BCUT2D eigenvalue weighted by molar-refractivity contribution is 0.380. The second-order valence-electron chi connectivity index (χ2n) is 3.56. The van der Waals surface area contributed by atoms with Crippen LogP contribution in [0.25, 0.3) is 0 Å². The maximum atomic E-state index is 5.22. The topological polar surface area (TPSA) is 38.1 Å². The summed E-state index contributed by atoms with van der Waals surface area (Å²) >= 11 is 0. The van der Waals surface area contributed by atoms with Crippen molar-refractivity contribution < 1.29 is 4.52 Å². The molecule has 1 N–H and O–H groups in total. The van der Waals surface area contributed by atoms with Crippen LogP contribution in [0.4, 0.5) is 0 Å². The summed E-state index contributed by atoms with van der Waals surface area (Å²) in [7, 11) is 0. The molecule has 0 saturated carbocycles. The lowest BCUT2D eigenvalue weighted by Gasteiger charge is -2.13. The molecule has 1 aromatic rings. The Morgan fingerprint density at radius 3 is 3.38 bits per heavy atom. The van der Waals surface area contributed by atoms with Gasteiger partial charge in [0.2, 0.25) is 0 Å². The predicted octanol–water partition coefficient (Wildman–Crippen LogP) is 2.05. The van der Waals surface area contributed by atoms with Gasteiger partial charge in [-0.3, -0.25) is 0 Å². The lowest BCUT2D eigenvalue weighted by atomic mass is 10.1. The summed E-state index contributed by atoms with van der Waals surface area (Å²) in [5.74, 6) is 1.09. The van der Waals surface area contributed by atoms with Gasteiger partial charge in [0.05, 0.1) is 6.20 Å². The zero-order valence-corrected chi connectivity index (χ0v) is 8.05. The van der Waals surface area contributed by atoms with E-state index in [1.165, 1.54) is 24.8 Å². The molecule has 1 aromatic heterocycles. The monoisotopic (exact) mass is 180 g/mol. The minimum atomic E-state index is 0.466. The summed E-state index contributed by atoms with van der Waals surface area (Å²) in [4.78, 5) is 0. The van der Waals surface area contributed by atoms with Crippen LogP contribution in [0.15, 0.2) is 10.7 Å². The van der Waals surface area contributed by atoms with Crippen molar-refractivity contribution in [2.24, 2.45) is 0 Å². The molecule has 1 heterocycles. The molecule has 0 aliphatic heterocycles. The number of nitrogens with zero attached hydrogens (tertiary/aromatic N) is 1. The number of nitrogens with one attached hydrogen (secondary N) is 1. The maximum absolute atomic E-state index is 5.22. The average Bonchev–Trinajstić information content (AvgIpc) is 2.52. The number of rotatable bonds is 2. The van der Waals surface area contributed by atoms with E-state index in [9.17, 15) is 0 Å². The minimum Gasteiger partial charge on any atom is -0.361 e. The van der Waals surface area contributed by atoms with Gasteiger partial charge in [0, 0.05) is 18.0 Å². The molecule has 1 atom stereocenters. The van der Waals surface area contributed by atoms with Gasteiger partial charge in [0.25, 0.3) is 0 Å². The van der Waals surface area contributed by atoms with Crippen LogP contribution in [0, 0.1) is 0 Å². The van der Waals surface area contributed by atoms with Crippen molar-refractivity contribution in [3.63, 3.8) is 0 Å². The van der Waals surface area contributed by atoms with Crippen LogP contribution in [0.2, 0.25) is 0 Å². The smallest absolute Gasteiger partial charge is 0.141 e. The van der Waals surface area contributed by atoms with E-state index in [-0.39, 0.29) is 0 Å². The zero-order chi connectivity index (χ0) is 9.10. The first-order chi connectivity index (χ1) is 6.42. The highest BCUT2D eigenvalue weighted by atomic mass is 16.5. The summed E-state index contributed by atoms with van der Waals surface area (Å²) in [6, 6.07) is 0.466. The molecule has 1 unspecified atom stereocenters. The highest BCUT2D eigenvalue weighted by Crippen LogP contribution is 2.27. The largest absolute Gasteiger partial charge is 0.361 e. The molecule has 1 aliphatic rings. The summed E-state index contributed by atoms with van der Waals surface area (Å²) in [5.41, 5.74) is 1.28. The molecule has 0 aromatic carbocycles. The van der Waals surface area contributed by atoms with Gasteiger partial charge in [0.1, 0.15) is 5.76 Å². The van der Waals surface area contributed by atoms with E-state index in [2.05, 4.69) is 17.4 Å². The molecule has 13 heavy (non-hydrogen) atoms. The molecule has 0 saturated heterocycles. The van der Waals surface area contributed by atoms with Crippen LogP contribution < -0.4 is 5.32 Å². The number of aromatic nitrogens is 1. The van der Waals surface area contributed by atoms with Crippen LogP contribution in [0.5, 0.6) is 0 Å². The Hall–Kier alpha value is -0.830. The van der Waals surface area contributed by atoms with Crippen molar-refractivity contribution >= 4 is 0 Å². The number of hydrogen-bond donors (Lipinski definition) is 1. The molecule has 0 bridgehead atoms. The molecule has 1 aliphatic carbocycles. The number of aryl methyl sites for hydroxylation is 1. The summed E-state index contributed by atoms with van der Waals surface area (Å²) in [6.45, 7) is 3.15. The number of fused-ring (bicyclic) bond motifs is 1. The van der Waals surface area contributed by atoms with Gasteiger partial charge in [-0.2, -0.15) is 0 Å². The van der Waals surface area contributed by atoms with Crippen molar-refractivity contribution in [2.45, 2.75) is 38.6 Å². The quantitative estimate of drug-likeness (QED) is 0.708. The molecule has 3 nitrogen and oxygen atoms in total. The molecule has 0 spiro atoms. The molecular weight excluding hydrogens is 164 g/mol. The fourth-order valence-corrected chi connectivity index (χ4v) is 1.99. The second kappa shape index (κ2) is 3.92. The van der Waals surface area contributed by atoms with E-state index in [0.29, 0.717) is 6.04 Å². The van der Waals surface area contributed by atoms with Crippen LogP contribution in [-0.2, 0) is 6.42 Å². The van der Waals surface area contributed by atoms with E-state index < -0.39 is 0 Å². The standard InChI is InChI=1S/C10H16N2O/c1-2-11-9-5-3-4-6-10-8(9)7-12-13-10/h7,9,11H,2-6H2,1H3. The summed E-state index contributed by atoms with van der Waals surface area (Å²) in [6.07, 6.45) is 6.64. The van der Waals surface area contributed by atoms with E-state index in [0.717, 1.165) is 18.7 Å². The first-order valence-electron chi connectivity index (χ1n) is 5.08. The highest BCUT2D eigenvalue weighted by molar-refractivity contribution is 5.19. The normalized spacial score (nSPS) is 22.4. The van der Waals surface area contributed by atoms with Crippen molar-refractivity contribution in [2.75, 3.05) is 6.54 Å². The maximum Gasteiger partial charge on any atom is 0.141 e. The van der Waals surface area contributed by atoms with E-state index in [4.69, 9.17) is 4.52 Å². The molecular formula is C10H16N2O. The molecule has 0 radical (unpaired) electrons. The van der Waals surface area contributed by atoms with Gasteiger partial charge in [-0.15, -0.1) is 0 Å². The Balaban J connectivity index is 2.20. The third kappa shape index (κ3) is 1.75. The molecule has 0 amide bonds.